The molecule has 0 heterocycles. The van der Waals surface area contributed by atoms with Crippen LogP contribution in [0.4, 0.5) is 22.0 Å². The summed E-state index contributed by atoms with van der Waals surface area (Å²) in [6.45, 7) is 2.03. The molecule has 0 N–H and O–H groups in total. The van der Waals surface area contributed by atoms with Crippen molar-refractivity contribution < 1.29 is 26.7 Å². The van der Waals surface area contributed by atoms with Gasteiger partial charge in [-0.2, -0.15) is 0 Å². The molecule has 0 amide bonds. The lowest BCUT2D eigenvalue weighted by molar-refractivity contribution is -0.274. The topological polar surface area (TPSA) is 9.23 Å². The van der Waals surface area contributed by atoms with Crippen LogP contribution in [0.5, 0.6) is 5.75 Å². The van der Waals surface area contributed by atoms with Gasteiger partial charge in [0.2, 0.25) is 0 Å². The minimum atomic E-state index is -4.76. The average molecular weight is 394 g/mol. The molecule has 0 spiro atoms. The third kappa shape index (κ3) is 7.43. The summed E-state index contributed by atoms with van der Waals surface area (Å²) in [6.07, 6.45) is -0.457. The van der Waals surface area contributed by atoms with Gasteiger partial charge in [-0.25, -0.2) is 8.78 Å². The maximum Gasteiger partial charge on any atom is 0.573 e. The van der Waals surface area contributed by atoms with Crippen LogP contribution in [0.1, 0.15) is 49.3 Å². The van der Waals surface area contributed by atoms with Gasteiger partial charge in [0.15, 0.2) is 0 Å². The van der Waals surface area contributed by atoms with Gasteiger partial charge in [0, 0.05) is 5.56 Å². The summed E-state index contributed by atoms with van der Waals surface area (Å²) in [7, 11) is 0. The molecule has 2 rings (SSSR count). The van der Waals surface area contributed by atoms with Crippen molar-refractivity contribution in [1.82, 2.24) is 0 Å². The number of hydrogen-bond donors (Lipinski definition) is 0. The van der Waals surface area contributed by atoms with Gasteiger partial charge in [-0.15, -0.1) is 13.2 Å². The third-order valence-corrected chi connectivity index (χ3v) is 3.76. The van der Waals surface area contributed by atoms with Crippen molar-refractivity contribution in [3.05, 3.63) is 70.8 Å². The quantitative estimate of drug-likeness (QED) is 0.291. The van der Waals surface area contributed by atoms with Crippen molar-refractivity contribution in [2.75, 3.05) is 0 Å². The number of unbranched alkanes of at least 4 members (excludes halogenated alkanes) is 2. The maximum atomic E-state index is 14.2. The number of allylic oxidation sites excluding steroid dienone is 1. The Labute approximate surface area is 160 Å². The summed E-state index contributed by atoms with van der Waals surface area (Å²) >= 11 is 0. The van der Waals surface area contributed by atoms with Crippen LogP contribution in [0.25, 0.3) is 6.08 Å². The van der Waals surface area contributed by atoms with Crippen molar-refractivity contribution in [3.8, 4) is 17.6 Å². The minimum Gasteiger partial charge on any atom is -0.406 e. The molecular weight excluding hydrogens is 375 g/mol. The van der Waals surface area contributed by atoms with Gasteiger partial charge in [-0.1, -0.05) is 37.7 Å². The summed E-state index contributed by atoms with van der Waals surface area (Å²) < 4.78 is 68.1. The lowest BCUT2D eigenvalue weighted by Crippen LogP contribution is -2.16. The SMILES string of the molecule is CCCCC/C(F)=C\c1ccc(C#Cc2ccc(OC(F)(F)F)cc2)c(F)c1. The van der Waals surface area contributed by atoms with Gasteiger partial charge in [0.1, 0.15) is 17.4 Å². The summed E-state index contributed by atoms with van der Waals surface area (Å²) in [5.41, 5.74) is 0.921. The molecule has 0 aliphatic rings. The summed E-state index contributed by atoms with van der Waals surface area (Å²) in [6, 6.07) is 9.14. The van der Waals surface area contributed by atoms with Crippen molar-refractivity contribution in [2.24, 2.45) is 0 Å². The van der Waals surface area contributed by atoms with Gasteiger partial charge in [-0.05, 0) is 60.9 Å². The summed E-state index contributed by atoms with van der Waals surface area (Å²) in [5, 5.41) is 0. The van der Waals surface area contributed by atoms with Crippen LogP contribution < -0.4 is 4.74 Å². The average Bonchev–Trinajstić information content (AvgIpc) is 2.61. The number of benzene rings is 2. The molecule has 0 radical (unpaired) electrons. The molecular formula is C22H19F5O. The highest BCUT2D eigenvalue weighted by Crippen LogP contribution is 2.22. The van der Waals surface area contributed by atoms with Crippen LogP contribution in [-0.4, -0.2) is 6.36 Å². The van der Waals surface area contributed by atoms with E-state index in [1.165, 1.54) is 30.3 Å². The molecule has 28 heavy (non-hydrogen) atoms. The molecule has 0 saturated carbocycles. The number of alkyl halides is 3. The van der Waals surface area contributed by atoms with E-state index in [1.54, 1.807) is 6.07 Å². The molecule has 2 aromatic rings. The van der Waals surface area contributed by atoms with E-state index in [0.29, 0.717) is 17.5 Å². The Morgan fingerprint density at radius 3 is 2.36 bits per heavy atom. The Balaban J connectivity index is 2.06. The Morgan fingerprint density at radius 2 is 1.75 bits per heavy atom. The molecule has 0 aliphatic carbocycles. The van der Waals surface area contributed by atoms with Crippen LogP contribution in [0.3, 0.4) is 0 Å². The zero-order valence-corrected chi connectivity index (χ0v) is 15.2. The Hall–Kier alpha value is -2.81. The molecule has 148 valence electrons. The standard InChI is InChI=1S/C22H19F5O/c1-2-3-4-5-19(23)14-17-7-11-18(21(24)15-17)10-6-16-8-12-20(13-9-16)28-22(25,26)27/h7-9,11-15H,2-5H2,1H3/b19-14+. The van der Waals surface area contributed by atoms with Crippen LogP contribution in [0.2, 0.25) is 0 Å². The largest absolute Gasteiger partial charge is 0.573 e. The fourth-order valence-corrected chi connectivity index (χ4v) is 2.40. The lowest BCUT2D eigenvalue weighted by atomic mass is 10.1. The van der Waals surface area contributed by atoms with Crippen LogP contribution in [0, 0.1) is 17.7 Å². The second kappa shape index (κ2) is 9.93. The van der Waals surface area contributed by atoms with Crippen molar-refractivity contribution in [1.29, 1.82) is 0 Å². The number of rotatable bonds is 6. The number of ether oxygens (including phenoxy) is 1. The predicted octanol–water partition coefficient (Wildman–Crippen LogP) is 7.01. The maximum absolute atomic E-state index is 14.2. The fraction of sp³-hybridized carbons (Fsp3) is 0.273. The Morgan fingerprint density at radius 1 is 1.04 bits per heavy atom. The van der Waals surface area contributed by atoms with Crippen molar-refractivity contribution in [3.63, 3.8) is 0 Å². The zero-order valence-electron chi connectivity index (χ0n) is 15.2. The second-order valence-electron chi connectivity index (χ2n) is 6.11. The normalized spacial score (nSPS) is 11.7. The zero-order chi connectivity index (χ0) is 20.6. The molecule has 0 atom stereocenters. The van der Waals surface area contributed by atoms with Crippen LogP contribution >= 0.6 is 0 Å². The minimum absolute atomic E-state index is 0.110. The predicted molar refractivity (Wildman–Crippen MR) is 98.7 cm³/mol. The highest BCUT2D eigenvalue weighted by molar-refractivity contribution is 5.54. The summed E-state index contributed by atoms with van der Waals surface area (Å²) in [5.74, 6) is 4.03. The first-order chi connectivity index (χ1) is 13.3. The molecule has 2 aromatic carbocycles. The Kier molecular flexibility index (Phi) is 7.62. The fourth-order valence-electron chi connectivity index (χ4n) is 2.40. The molecule has 0 unspecified atom stereocenters. The van der Waals surface area contributed by atoms with E-state index >= 15 is 0 Å². The van der Waals surface area contributed by atoms with Crippen molar-refractivity contribution >= 4 is 6.08 Å². The van der Waals surface area contributed by atoms with E-state index in [2.05, 4.69) is 16.6 Å². The molecule has 0 fully saturated rings. The first-order valence-electron chi connectivity index (χ1n) is 8.80. The molecule has 6 heteroatoms. The highest BCUT2D eigenvalue weighted by atomic mass is 19.4. The van der Waals surface area contributed by atoms with Crippen LogP contribution in [0.15, 0.2) is 48.3 Å². The molecule has 0 aliphatic heterocycles. The van der Waals surface area contributed by atoms with Crippen LogP contribution in [-0.2, 0) is 0 Å². The third-order valence-electron chi connectivity index (χ3n) is 3.76. The van der Waals surface area contributed by atoms with Crippen molar-refractivity contribution in [2.45, 2.75) is 39.0 Å². The second-order valence-corrected chi connectivity index (χ2v) is 6.11. The molecule has 0 aromatic heterocycles. The van der Waals surface area contributed by atoms with E-state index in [-0.39, 0.29) is 17.1 Å². The van der Waals surface area contributed by atoms with E-state index < -0.39 is 12.2 Å². The molecule has 0 saturated heterocycles. The number of halogens is 5. The highest BCUT2D eigenvalue weighted by Gasteiger charge is 2.30. The van der Waals surface area contributed by atoms with E-state index in [9.17, 15) is 22.0 Å². The monoisotopic (exact) mass is 394 g/mol. The first kappa shape index (κ1) is 21.5. The van der Waals surface area contributed by atoms with Gasteiger partial charge in [-0.3, -0.25) is 0 Å². The Bertz CT molecular complexity index is 871. The first-order valence-corrected chi connectivity index (χ1v) is 8.80. The molecule has 0 bridgehead atoms. The van der Waals surface area contributed by atoms with Gasteiger partial charge in [0.25, 0.3) is 0 Å². The van der Waals surface area contributed by atoms with Gasteiger partial charge < -0.3 is 4.74 Å². The van der Waals surface area contributed by atoms with E-state index in [1.807, 2.05) is 6.92 Å². The number of hydrogen-bond acceptors (Lipinski definition) is 1. The lowest BCUT2D eigenvalue weighted by Gasteiger charge is -2.07. The van der Waals surface area contributed by atoms with Gasteiger partial charge in [0.05, 0.1) is 5.56 Å². The van der Waals surface area contributed by atoms with Gasteiger partial charge >= 0.3 is 6.36 Å². The summed E-state index contributed by atoms with van der Waals surface area (Å²) in [4.78, 5) is 0. The van der Waals surface area contributed by atoms with E-state index in [4.69, 9.17) is 0 Å². The molecule has 1 nitrogen and oxygen atoms in total. The van der Waals surface area contributed by atoms with E-state index in [0.717, 1.165) is 31.4 Å². The smallest absolute Gasteiger partial charge is 0.406 e.